The molecular formula is C31H35NO3S. The SMILES string of the molecule is CCSCCCOc1ccc2c(c1)CCCc1ccc(CNc3ccc([C@H]4CC4C(=O)O)cc3)cc1-2. The number of fused-ring (bicyclic) bond motifs is 3. The van der Waals surface area contributed by atoms with Crippen LogP contribution in [0.15, 0.2) is 60.7 Å². The van der Waals surface area contributed by atoms with Crippen molar-refractivity contribution < 1.29 is 14.6 Å². The Labute approximate surface area is 218 Å². The number of carboxylic acids is 1. The molecule has 36 heavy (non-hydrogen) atoms. The number of thioether (sulfide) groups is 1. The molecule has 2 atom stereocenters. The Balaban J connectivity index is 1.24. The number of anilines is 1. The zero-order chi connectivity index (χ0) is 24.9. The molecule has 188 valence electrons. The van der Waals surface area contributed by atoms with Gasteiger partial charge in [0.05, 0.1) is 12.5 Å². The summed E-state index contributed by atoms with van der Waals surface area (Å²) in [6.45, 7) is 3.72. The summed E-state index contributed by atoms with van der Waals surface area (Å²) >= 11 is 1.97. The van der Waals surface area contributed by atoms with Crippen molar-refractivity contribution in [3.8, 4) is 16.9 Å². The molecule has 0 bridgehead atoms. The topological polar surface area (TPSA) is 58.6 Å². The summed E-state index contributed by atoms with van der Waals surface area (Å²) in [5, 5.41) is 12.7. The first-order chi connectivity index (χ1) is 17.6. The Hall–Kier alpha value is -2.92. The van der Waals surface area contributed by atoms with Gasteiger partial charge in [0.2, 0.25) is 0 Å². The lowest BCUT2D eigenvalue weighted by molar-refractivity contribution is -0.138. The lowest BCUT2D eigenvalue weighted by atomic mass is 9.94. The van der Waals surface area contributed by atoms with Crippen LogP contribution in [0.2, 0.25) is 0 Å². The average molecular weight is 502 g/mol. The van der Waals surface area contributed by atoms with Crippen LogP contribution in [-0.2, 0) is 24.2 Å². The average Bonchev–Trinajstić information content (AvgIpc) is 3.71. The van der Waals surface area contributed by atoms with Crippen molar-refractivity contribution in [1.29, 1.82) is 0 Å². The first-order valence-corrected chi connectivity index (χ1v) is 14.3. The Kier molecular flexibility index (Phi) is 7.86. The van der Waals surface area contributed by atoms with Crippen molar-refractivity contribution in [2.75, 3.05) is 23.4 Å². The molecule has 4 nitrogen and oxygen atoms in total. The highest BCUT2D eigenvalue weighted by Gasteiger charge is 2.43. The van der Waals surface area contributed by atoms with Crippen LogP contribution in [0.1, 0.15) is 54.4 Å². The number of nitrogens with one attached hydrogen (secondary N) is 1. The molecule has 0 saturated heterocycles. The number of aryl methyl sites for hydroxylation is 2. The summed E-state index contributed by atoms with van der Waals surface area (Å²) in [5.74, 6) is 2.59. The summed E-state index contributed by atoms with van der Waals surface area (Å²) in [4.78, 5) is 11.1. The molecule has 0 amide bonds. The quantitative estimate of drug-likeness (QED) is 0.273. The van der Waals surface area contributed by atoms with Crippen LogP contribution in [0.25, 0.3) is 11.1 Å². The van der Waals surface area contributed by atoms with E-state index < -0.39 is 5.97 Å². The molecule has 0 aromatic heterocycles. The van der Waals surface area contributed by atoms with Crippen molar-refractivity contribution in [3.63, 3.8) is 0 Å². The highest BCUT2D eigenvalue weighted by atomic mass is 32.2. The van der Waals surface area contributed by atoms with E-state index in [0.29, 0.717) is 0 Å². The van der Waals surface area contributed by atoms with Crippen LogP contribution in [0.3, 0.4) is 0 Å². The lowest BCUT2D eigenvalue weighted by Gasteiger charge is -2.14. The number of aliphatic carboxylic acids is 1. The lowest BCUT2D eigenvalue weighted by Crippen LogP contribution is -2.02. The van der Waals surface area contributed by atoms with Gasteiger partial charge in [0.15, 0.2) is 0 Å². The number of benzene rings is 3. The van der Waals surface area contributed by atoms with Crippen molar-refractivity contribution in [1.82, 2.24) is 0 Å². The molecule has 1 fully saturated rings. The molecule has 2 aliphatic carbocycles. The van der Waals surface area contributed by atoms with Gasteiger partial charge >= 0.3 is 5.97 Å². The summed E-state index contributed by atoms with van der Waals surface area (Å²) in [6, 6.07) is 21.7. The summed E-state index contributed by atoms with van der Waals surface area (Å²) in [6.07, 6.45) is 5.17. The fourth-order valence-electron chi connectivity index (χ4n) is 5.19. The molecule has 1 unspecified atom stereocenters. The Morgan fingerprint density at radius 3 is 2.64 bits per heavy atom. The van der Waals surface area contributed by atoms with Crippen molar-refractivity contribution in [3.05, 3.63) is 82.9 Å². The van der Waals surface area contributed by atoms with E-state index in [1.54, 1.807) is 0 Å². The van der Waals surface area contributed by atoms with Crippen LogP contribution in [0.5, 0.6) is 5.75 Å². The molecule has 0 aliphatic heterocycles. The van der Waals surface area contributed by atoms with Crippen LogP contribution < -0.4 is 10.1 Å². The van der Waals surface area contributed by atoms with Gasteiger partial charge in [-0.2, -0.15) is 11.8 Å². The second kappa shape index (κ2) is 11.4. The van der Waals surface area contributed by atoms with Gasteiger partial charge < -0.3 is 15.2 Å². The van der Waals surface area contributed by atoms with Gasteiger partial charge in [-0.3, -0.25) is 4.79 Å². The highest BCUT2D eigenvalue weighted by molar-refractivity contribution is 7.99. The number of carboxylic acid groups (broad SMARTS) is 1. The molecule has 3 aromatic carbocycles. The second-order valence-electron chi connectivity index (χ2n) is 9.83. The van der Waals surface area contributed by atoms with E-state index in [0.717, 1.165) is 73.8 Å². The van der Waals surface area contributed by atoms with Gasteiger partial charge in [-0.25, -0.2) is 0 Å². The van der Waals surface area contributed by atoms with Crippen LogP contribution in [0.4, 0.5) is 5.69 Å². The van der Waals surface area contributed by atoms with Gasteiger partial charge in [0, 0.05) is 12.2 Å². The maximum atomic E-state index is 11.1. The minimum Gasteiger partial charge on any atom is -0.494 e. The second-order valence-corrected chi connectivity index (χ2v) is 11.2. The molecular weight excluding hydrogens is 466 g/mol. The van der Waals surface area contributed by atoms with Crippen molar-refractivity contribution in [2.24, 2.45) is 5.92 Å². The number of hydrogen-bond acceptors (Lipinski definition) is 4. The van der Waals surface area contributed by atoms with E-state index in [2.05, 4.69) is 72.9 Å². The molecule has 5 rings (SSSR count). The predicted octanol–water partition coefficient (Wildman–Crippen LogP) is 7.16. The standard InChI is InChI=1S/C31H35NO3S/c1-2-36-16-4-15-35-26-13-14-27-24(18-26)6-3-5-22-8-7-21(17-28(22)27)20-32-25-11-9-23(10-12-25)29-19-30(29)31(33)34/h7-14,17-18,29-30,32H,2-6,15-16,19-20H2,1H3,(H,33,34)/t29-,30?/m1/s1. The van der Waals surface area contributed by atoms with E-state index >= 15 is 0 Å². The molecule has 5 heteroatoms. The first kappa shape index (κ1) is 24.8. The Morgan fingerprint density at radius 1 is 1.03 bits per heavy atom. The zero-order valence-corrected chi connectivity index (χ0v) is 21.8. The van der Waals surface area contributed by atoms with Crippen LogP contribution >= 0.6 is 11.8 Å². The third kappa shape index (κ3) is 5.89. The van der Waals surface area contributed by atoms with E-state index in [1.165, 1.54) is 27.8 Å². The fourth-order valence-corrected chi connectivity index (χ4v) is 5.80. The summed E-state index contributed by atoms with van der Waals surface area (Å²) in [7, 11) is 0. The van der Waals surface area contributed by atoms with E-state index in [-0.39, 0.29) is 11.8 Å². The highest BCUT2D eigenvalue weighted by Crippen LogP contribution is 2.47. The third-order valence-corrected chi connectivity index (χ3v) is 8.27. The van der Waals surface area contributed by atoms with Crippen molar-refractivity contribution >= 4 is 23.4 Å². The number of ether oxygens (including phenoxy) is 1. The molecule has 2 aliphatic rings. The zero-order valence-electron chi connectivity index (χ0n) is 21.0. The number of rotatable bonds is 11. The van der Waals surface area contributed by atoms with Gasteiger partial charge in [0.25, 0.3) is 0 Å². The summed E-state index contributed by atoms with van der Waals surface area (Å²) < 4.78 is 6.05. The van der Waals surface area contributed by atoms with E-state index in [9.17, 15) is 4.79 Å². The van der Waals surface area contributed by atoms with Crippen LogP contribution in [0, 0.1) is 5.92 Å². The van der Waals surface area contributed by atoms with Crippen molar-refractivity contribution in [2.45, 2.75) is 51.5 Å². The first-order valence-electron chi connectivity index (χ1n) is 13.1. The molecule has 2 N–H and O–H groups in total. The maximum absolute atomic E-state index is 11.1. The minimum atomic E-state index is -0.683. The predicted molar refractivity (Wildman–Crippen MR) is 149 cm³/mol. The molecule has 0 heterocycles. The molecule has 0 spiro atoms. The Bertz CT molecular complexity index is 1210. The Morgan fingerprint density at radius 2 is 1.86 bits per heavy atom. The van der Waals surface area contributed by atoms with Gasteiger partial charge in [-0.15, -0.1) is 0 Å². The normalized spacial score (nSPS) is 18.0. The van der Waals surface area contributed by atoms with Gasteiger partial charge in [-0.1, -0.05) is 37.3 Å². The number of hydrogen-bond donors (Lipinski definition) is 2. The van der Waals surface area contributed by atoms with E-state index in [4.69, 9.17) is 9.84 Å². The monoisotopic (exact) mass is 501 g/mol. The molecule has 3 aromatic rings. The largest absolute Gasteiger partial charge is 0.494 e. The van der Waals surface area contributed by atoms with Crippen LogP contribution in [-0.4, -0.2) is 29.2 Å². The third-order valence-electron chi connectivity index (χ3n) is 7.28. The minimum absolute atomic E-state index is 0.173. The van der Waals surface area contributed by atoms with Gasteiger partial charge in [-0.05, 0) is 113 Å². The summed E-state index contributed by atoms with van der Waals surface area (Å²) in [5.41, 5.74) is 8.92. The fraction of sp³-hybridized carbons (Fsp3) is 0.387. The molecule has 1 saturated carbocycles. The maximum Gasteiger partial charge on any atom is 0.307 e. The number of carbonyl (C=O) groups is 1. The van der Waals surface area contributed by atoms with E-state index in [1.807, 2.05) is 11.8 Å². The smallest absolute Gasteiger partial charge is 0.307 e. The van der Waals surface area contributed by atoms with Gasteiger partial charge in [0.1, 0.15) is 5.75 Å². The molecule has 0 radical (unpaired) electrons.